The molecular formula is C12H22N2OS. The highest BCUT2D eigenvalue weighted by atomic mass is 32.1. The molecule has 0 bridgehead atoms. The molecule has 0 aromatic carbocycles. The zero-order valence-corrected chi connectivity index (χ0v) is 11.4. The molecule has 3 nitrogen and oxygen atoms in total. The maximum Gasteiger partial charge on any atom is 0.107 e. The Morgan fingerprint density at radius 2 is 2.25 bits per heavy atom. The SMILES string of the molecule is COCCC(NCc1ncc(C)s1)C(C)C. The molecular weight excluding hydrogens is 220 g/mol. The minimum Gasteiger partial charge on any atom is -0.385 e. The average molecular weight is 242 g/mol. The van der Waals surface area contributed by atoms with Crippen LogP contribution >= 0.6 is 11.3 Å². The first-order chi connectivity index (χ1) is 7.63. The smallest absolute Gasteiger partial charge is 0.107 e. The highest BCUT2D eigenvalue weighted by molar-refractivity contribution is 7.11. The van der Waals surface area contributed by atoms with Gasteiger partial charge < -0.3 is 10.1 Å². The van der Waals surface area contributed by atoms with Crippen LogP contribution < -0.4 is 5.32 Å². The molecule has 16 heavy (non-hydrogen) atoms. The second kappa shape index (κ2) is 6.99. The average Bonchev–Trinajstić information content (AvgIpc) is 2.64. The van der Waals surface area contributed by atoms with Crippen LogP contribution in [0.25, 0.3) is 0 Å². The summed E-state index contributed by atoms with van der Waals surface area (Å²) in [5.41, 5.74) is 0. The number of rotatable bonds is 7. The van der Waals surface area contributed by atoms with Crippen LogP contribution in [0.2, 0.25) is 0 Å². The first-order valence-corrected chi connectivity index (χ1v) is 6.58. The van der Waals surface area contributed by atoms with Crippen molar-refractivity contribution in [3.05, 3.63) is 16.1 Å². The molecule has 1 atom stereocenters. The zero-order chi connectivity index (χ0) is 12.0. The van der Waals surface area contributed by atoms with E-state index in [0.29, 0.717) is 12.0 Å². The molecule has 0 radical (unpaired) electrons. The minimum atomic E-state index is 0.504. The molecule has 0 spiro atoms. The van der Waals surface area contributed by atoms with Crippen molar-refractivity contribution in [1.82, 2.24) is 10.3 Å². The van der Waals surface area contributed by atoms with E-state index in [1.54, 1.807) is 18.4 Å². The van der Waals surface area contributed by atoms with Gasteiger partial charge in [0.05, 0.1) is 0 Å². The maximum atomic E-state index is 5.13. The van der Waals surface area contributed by atoms with E-state index in [2.05, 4.69) is 31.1 Å². The Balaban J connectivity index is 2.37. The van der Waals surface area contributed by atoms with Gasteiger partial charge in [0.1, 0.15) is 5.01 Å². The van der Waals surface area contributed by atoms with Gasteiger partial charge >= 0.3 is 0 Å². The third kappa shape index (κ3) is 4.60. The summed E-state index contributed by atoms with van der Waals surface area (Å²) in [4.78, 5) is 5.63. The second-order valence-electron chi connectivity index (χ2n) is 4.38. The van der Waals surface area contributed by atoms with Crippen LogP contribution in [0, 0.1) is 12.8 Å². The fourth-order valence-electron chi connectivity index (χ4n) is 1.62. The van der Waals surface area contributed by atoms with Gasteiger partial charge in [0, 0.05) is 37.4 Å². The first kappa shape index (κ1) is 13.6. The number of hydrogen-bond donors (Lipinski definition) is 1. The van der Waals surface area contributed by atoms with E-state index in [4.69, 9.17) is 4.74 Å². The normalized spacial score (nSPS) is 13.3. The van der Waals surface area contributed by atoms with E-state index in [9.17, 15) is 0 Å². The minimum absolute atomic E-state index is 0.504. The molecule has 0 saturated carbocycles. The Hall–Kier alpha value is -0.450. The largest absolute Gasteiger partial charge is 0.385 e. The van der Waals surface area contributed by atoms with Crippen molar-refractivity contribution in [2.45, 2.75) is 39.8 Å². The Morgan fingerprint density at radius 1 is 1.50 bits per heavy atom. The van der Waals surface area contributed by atoms with Crippen molar-refractivity contribution in [2.24, 2.45) is 5.92 Å². The molecule has 0 fully saturated rings. The van der Waals surface area contributed by atoms with Gasteiger partial charge in [-0.25, -0.2) is 4.98 Å². The number of hydrogen-bond acceptors (Lipinski definition) is 4. The molecule has 1 N–H and O–H groups in total. The Labute approximate surface area is 102 Å². The number of nitrogens with zero attached hydrogens (tertiary/aromatic N) is 1. The van der Waals surface area contributed by atoms with Gasteiger partial charge in [-0.3, -0.25) is 0 Å². The lowest BCUT2D eigenvalue weighted by Gasteiger charge is -2.21. The predicted octanol–water partition coefficient (Wildman–Crippen LogP) is 2.60. The van der Waals surface area contributed by atoms with Crippen LogP contribution in [-0.4, -0.2) is 24.7 Å². The molecule has 0 aliphatic rings. The first-order valence-electron chi connectivity index (χ1n) is 5.77. The highest BCUT2D eigenvalue weighted by Gasteiger charge is 2.12. The van der Waals surface area contributed by atoms with Gasteiger partial charge in [0.25, 0.3) is 0 Å². The summed E-state index contributed by atoms with van der Waals surface area (Å²) in [6.45, 7) is 8.24. The molecule has 0 aliphatic heterocycles. The van der Waals surface area contributed by atoms with Gasteiger partial charge in [-0.1, -0.05) is 13.8 Å². The second-order valence-corrected chi connectivity index (χ2v) is 5.70. The standard InChI is InChI=1S/C12H22N2OS/c1-9(2)11(5-6-15-4)13-8-12-14-7-10(3)16-12/h7,9,11,13H,5-6,8H2,1-4H3. The Bertz CT molecular complexity index is 299. The van der Waals surface area contributed by atoms with Gasteiger partial charge in [0.15, 0.2) is 0 Å². The van der Waals surface area contributed by atoms with E-state index >= 15 is 0 Å². The summed E-state index contributed by atoms with van der Waals surface area (Å²) in [6.07, 6.45) is 2.99. The summed E-state index contributed by atoms with van der Waals surface area (Å²) in [5, 5.41) is 4.72. The van der Waals surface area contributed by atoms with Crippen LogP contribution in [0.1, 0.15) is 30.2 Å². The number of methoxy groups -OCH3 is 1. The van der Waals surface area contributed by atoms with Crippen LogP contribution in [0.5, 0.6) is 0 Å². The predicted molar refractivity (Wildman–Crippen MR) is 68.8 cm³/mol. The number of nitrogens with one attached hydrogen (secondary N) is 1. The highest BCUT2D eigenvalue weighted by Crippen LogP contribution is 2.12. The third-order valence-corrected chi connectivity index (χ3v) is 3.54. The molecule has 1 aromatic heterocycles. The molecule has 0 saturated heterocycles. The van der Waals surface area contributed by atoms with Crippen molar-refractivity contribution < 1.29 is 4.74 Å². The monoisotopic (exact) mass is 242 g/mol. The van der Waals surface area contributed by atoms with Crippen molar-refractivity contribution in [2.75, 3.05) is 13.7 Å². The topological polar surface area (TPSA) is 34.1 Å². The molecule has 1 aromatic rings. The lowest BCUT2D eigenvalue weighted by molar-refractivity contribution is 0.173. The van der Waals surface area contributed by atoms with Gasteiger partial charge in [0.2, 0.25) is 0 Å². The molecule has 1 heterocycles. The van der Waals surface area contributed by atoms with E-state index < -0.39 is 0 Å². The molecule has 1 rings (SSSR count). The van der Waals surface area contributed by atoms with Crippen LogP contribution in [0.15, 0.2) is 6.20 Å². The van der Waals surface area contributed by atoms with Crippen molar-refractivity contribution in [3.63, 3.8) is 0 Å². The summed E-state index contributed by atoms with van der Waals surface area (Å²) < 4.78 is 5.13. The summed E-state index contributed by atoms with van der Waals surface area (Å²) in [6, 6.07) is 0.504. The van der Waals surface area contributed by atoms with Crippen LogP contribution in [-0.2, 0) is 11.3 Å². The van der Waals surface area contributed by atoms with E-state index in [1.807, 2.05) is 6.20 Å². The van der Waals surface area contributed by atoms with Crippen molar-refractivity contribution in [1.29, 1.82) is 0 Å². The van der Waals surface area contributed by atoms with Crippen molar-refractivity contribution in [3.8, 4) is 0 Å². The quantitative estimate of drug-likeness (QED) is 0.798. The Kier molecular flexibility index (Phi) is 5.95. The maximum absolute atomic E-state index is 5.13. The van der Waals surface area contributed by atoms with E-state index in [-0.39, 0.29) is 0 Å². The van der Waals surface area contributed by atoms with Gasteiger partial charge in [-0.15, -0.1) is 11.3 Å². The number of thiazole rings is 1. The van der Waals surface area contributed by atoms with Gasteiger partial charge in [-0.05, 0) is 19.3 Å². The van der Waals surface area contributed by atoms with E-state index in [0.717, 1.165) is 19.6 Å². The lowest BCUT2D eigenvalue weighted by atomic mass is 10.0. The van der Waals surface area contributed by atoms with E-state index in [1.165, 1.54) is 9.88 Å². The van der Waals surface area contributed by atoms with Crippen molar-refractivity contribution >= 4 is 11.3 Å². The lowest BCUT2D eigenvalue weighted by Crippen LogP contribution is -2.34. The summed E-state index contributed by atoms with van der Waals surface area (Å²) >= 11 is 1.76. The fraction of sp³-hybridized carbons (Fsp3) is 0.750. The third-order valence-electron chi connectivity index (χ3n) is 2.62. The summed E-state index contributed by atoms with van der Waals surface area (Å²) in [7, 11) is 1.75. The fourth-order valence-corrected chi connectivity index (χ4v) is 2.36. The molecule has 0 aliphatic carbocycles. The summed E-state index contributed by atoms with van der Waals surface area (Å²) in [5.74, 6) is 0.621. The Morgan fingerprint density at radius 3 is 2.75 bits per heavy atom. The zero-order valence-electron chi connectivity index (χ0n) is 10.6. The molecule has 1 unspecified atom stereocenters. The molecule has 4 heteroatoms. The number of aromatic nitrogens is 1. The number of ether oxygens (including phenoxy) is 1. The molecule has 0 amide bonds. The van der Waals surface area contributed by atoms with Crippen LogP contribution in [0.4, 0.5) is 0 Å². The number of aryl methyl sites for hydroxylation is 1. The van der Waals surface area contributed by atoms with Gasteiger partial charge in [-0.2, -0.15) is 0 Å². The molecule has 92 valence electrons. The van der Waals surface area contributed by atoms with Crippen LogP contribution in [0.3, 0.4) is 0 Å².